The molecule has 0 atom stereocenters. The molecule has 30 heavy (non-hydrogen) atoms. The zero-order chi connectivity index (χ0) is 21.2. The molecule has 1 aliphatic carbocycles. The normalized spacial score (nSPS) is 18.8. The maximum atomic E-state index is 12.6. The van der Waals surface area contributed by atoms with Gasteiger partial charge in [-0.25, -0.2) is 0 Å². The van der Waals surface area contributed by atoms with E-state index < -0.39 is 0 Å². The maximum Gasteiger partial charge on any atom is 0.234 e. The first kappa shape index (κ1) is 22.1. The number of hydrogen-bond donors (Lipinski definition) is 2. The first-order valence-electron chi connectivity index (χ1n) is 10.6. The van der Waals surface area contributed by atoms with Gasteiger partial charge in [-0.2, -0.15) is 0 Å². The highest BCUT2D eigenvalue weighted by Gasteiger charge is 2.26. The molecule has 1 amide bonds. The number of nitrogens with zero attached hydrogens (tertiary/aromatic N) is 1. The Morgan fingerprint density at radius 1 is 1.07 bits per heavy atom. The number of benzene rings is 2. The summed E-state index contributed by atoms with van der Waals surface area (Å²) < 4.78 is 11.0. The summed E-state index contributed by atoms with van der Waals surface area (Å²) in [4.78, 5) is 14.8. The summed E-state index contributed by atoms with van der Waals surface area (Å²) in [6.45, 7) is 1.89. The number of amides is 1. The number of carbonyl (C=O) groups excluding carboxylic acids is 1. The third kappa shape index (κ3) is 7.04. The lowest BCUT2D eigenvalue weighted by Gasteiger charge is -2.35. The maximum absolute atomic E-state index is 12.6. The molecule has 0 spiro atoms. The Bertz CT molecular complexity index is 776. The zero-order valence-corrected chi connectivity index (χ0v) is 17.6. The molecule has 0 heterocycles. The van der Waals surface area contributed by atoms with E-state index in [2.05, 4.69) is 16.3 Å². The molecule has 6 heteroatoms. The van der Waals surface area contributed by atoms with Gasteiger partial charge in [0.05, 0.1) is 26.3 Å². The van der Waals surface area contributed by atoms with Gasteiger partial charge in [0, 0.05) is 12.6 Å². The third-order valence-corrected chi connectivity index (χ3v) is 5.49. The van der Waals surface area contributed by atoms with Crippen molar-refractivity contribution in [1.29, 1.82) is 0 Å². The molecule has 1 aliphatic rings. The van der Waals surface area contributed by atoms with Crippen LogP contribution < -0.4 is 14.8 Å². The van der Waals surface area contributed by atoms with E-state index in [4.69, 9.17) is 9.47 Å². The van der Waals surface area contributed by atoms with Crippen LogP contribution in [0, 0.1) is 0 Å². The second-order valence-corrected chi connectivity index (χ2v) is 7.73. The fraction of sp³-hybridized carbons (Fsp3) is 0.458. The smallest absolute Gasteiger partial charge is 0.234 e. The van der Waals surface area contributed by atoms with E-state index in [1.54, 1.807) is 7.11 Å². The Labute approximate surface area is 178 Å². The second kappa shape index (κ2) is 11.6. The van der Waals surface area contributed by atoms with E-state index in [1.165, 1.54) is 0 Å². The number of rotatable bonds is 10. The van der Waals surface area contributed by atoms with Crippen LogP contribution >= 0.6 is 0 Å². The molecule has 2 aromatic rings. The van der Waals surface area contributed by atoms with Gasteiger partial charge in [0.15, 0.2) is 0 Å². The number of carbonyl (C=O) groups is 1. The number of nitrogens with one attached hydrogen (secondary N) is 1. The molecule has 3 rings (SSSR count). The summed E-state index contributed by atoms with van der Waals surface area (Å²) >= 11 is 0. The zero-order valence-electron chi connectivity index (χ0n) is 17.6. The van der Waals surface area contributed by atoms with Crippen LogP contribution in [0.2, 0.25) is 0 Å². The van der Waals surface area contributed by atoms with Crippen LogP contribution in [0.25, 0.3) is 0 Å². The van der Waals surface area contributed by atoms with Gasteiger partial charge >= 0.3 is 0 Å². The minimum Gasteiger partial charge on any atom is -0.497 e. The van der Waals surface area contributed by atoms with Crippen LogP contribution in [-0.4, -0.2) is 54.9 Å². The first-order valence-corrected chi connectivity index (χ1v) is 10.6. The van der Waals surface area contributed by atoms with Crippen molar-refractivity contribution < 1.29 is 19.4 Å². The van der Waals surface area contributed by atoms with Crippen LogP contribution in [0.1, 0.15) is 31.2 Å². The lowest BCUT2D eigenvalue weighted by atomic mass is 9.91. The molecule has 6 nitrogen and oxygen atoms in total. The minimum atomic E-state index is -0.219. The van der Waals surface area contributed by atoms with Crippen molar-refractivity contribution in [1.82, 2.24) is 10.2 Å². The van der Waals surface area contributed by atoms with Gasteiger partial charge < -0.3 is 19.9 Å². The van der Waals surface area contributed by atoms with Gasteiger partial charge in [-0.15, -0.1) is 0 Å². The summed E-state index contributed by atoms with van der Waals surface area (Å²) in [5, 5.41) is 12.8. The Balaban J connectivity index is 1.53. The lowest BCUT2D eigenvalue weighted by Crippen LogP contribution is -2.45. The number of para-hydroxylation sites is 1. The monoisotopic (exact) mass is 412 g/mol. The SMILES string of the molecule is COc1cccc(CN(CC(=O)NCCOc2ccccc2)C2CCC(O)CC2)c1. The van der Waals surface area contributed by atoms with Crippen LogP contribution in [0.15, 0.2) is 54.6 Å². The van der Waals surface area contributed by atoms with Crippen molar-refractivity contribution in [2.75, 3.05) is 26.8 Å². The van der Waals surface area contributed by atoms with Crippen molar-refractivity contribution in [3.8, 4) is 11.5 Å². The quantitative estimate of drug-likeness (QED) is 0.587. The molecule has 2 N–H and O–H groups in total. The van der Waals surface area contributed by atoms with Crippen molar-refractivity contribution in [2.24, 2.45) is 0 Å². The molecule has 0 saturated heterocycles. The molecule has 0 aromatic heterocycles. The summed E-state index contributed by atoms with van der Waals surface area (Å²) in [5.74, 6) is 1.60. The van der Waals surface area contributed by atoms with Gasteiger partial charge in [0.25, 0.3) is 0 Å². The topological polar surface area (TPSA) is 71.0 Å². The predicted octanol–water partition coefficient (Wildman–Crippen LogP) is 3.00. The Morgan fingerprint density at radius 2 is 1.80 bits per heavy atom. The fourth-order valence-corrected chi connectivity index (χ4v) is 3.86. The number of aliphatic hydroxyl groups is 1. The van der Waals surface area contributed by atoms with Crippen LogP contribution in [0.5, 0.6) is 11.5 Å². The number of methoxy groups -OCH3 is 1. The fourth-order valence-electron chi connectivity index (χ4n) is 3.86. The minimum absolute atomic E-state index is 0.0133. The first-order chi connectivity index (χ1) is 14.6. The molecule has 0 bridgehead atoms. The third-order valence-electron chi connectivity index (χ3n) is 5.49. The van der Waals surface area contributed by atoms with Crippen molar-refractivity contribution in [3.05, 3.63) is 60.2 Å². The van der Waals surface area contributed by atoms with Gasteiger partial charge in [-0.05, 0) is 55.5 Å². The Hall–Kier alpha value is -2.57. The highest BCUT2D eigenvalue weighted by Crippen LogP contribution is 2.25. The Morgan fingerprint density at radius 3 is 2.53 bits per heavy atom. The molecule has 0 unspecified atom stereocenters. The summed E-state index contributed by atoms with van der Waals surface area (Å²) in [7, 11) is 1.66. The largest absolute Gasteiger partial charge is 0.497 e. The van der Waals surface area contributed by atoms with Crippen molar-refractivity contribution in [3.63, 3.8) is 0 Å². The van der Waals surface area contributed by atoms with Crippen LogP contribution in [0.3, 0.4) is 0 Å². The highest BCUT2D eigenvalue weighted by molar-refractivity contribution is 5.78. The van der Waals surface area contributed by atoms with Crippen LogP contribution in [0.4, 0.5) is 0 Å². The van der Waals surface area contributed by atoms with Gasteiger partial charge in [0.1, 0.15) is 18.1 Å². The van der Waals surface area contributed by atoms with Crippen molar-refractivity contribution >= 4 is 5.91 Å². The average Bonchev–Trinajstić information content (AvgIpc) is 2.78. The lowest BCUT2D eigenvalue weighted by molar-refractivity contribution is -0.123. The number of aliphatic hydroxyl groups excluding tert-OH is 1. The van der Waals surface area contributed by atoms with Gasteiger partial charge in [-0.1, -0.05) is 30.3 Å². The molecule has 0 radical (unpaired) electrons. The molecule has 2 aromatic carbocycles. The molecular formula is C24H32N2O4. The average molecular weight is 413 g/mol. The summed E-state index contributed by atoms with van der Waals surface area (Å²) in [6.07, 6.45) is 3.15. The highest BCUT2D eigenvalue weighted by atomic mass is 16.5. The number of hydrogen-bond acceptors (Lipinski definition) is 5. The van der Waals surface area contributed by atoms with Gasteiger partial charge in [0.2, 0.25) is 5.91 Å². The van der Waals surface area contributed by atoms with Crippen LogP contribution in [-0.2, 0) is 11.3 Å². The second-order valence-electron chi connectivity index (χ2n) is 7.73. The molecule has 1 saturated carbocycles. The van der Waals surface area contributed by atoms with Gasteiger partial charge in [-0.3, -0.25) is 9.69 Å². The Kier molecular flexibility index (Phi) is 8.53. The molecule has 0 aliphatic heterocycles. The van der Waals surface area contributed by atoms with Crippen molar-refractivity contribution in [2.45, 2.75) is 44.4 Å². The standard InChI is InChI=1S/C24H32N2O4/c1-29-23-9-5-6-19(16-23)17-26(20-10-12-21(27)13-11-20)18-24(28)25-14-15-30-22-7-3-2-4-8-22/h2-9,16,20-21,27H,10-15,17-18H2,1H3,(H,25,28). The molecule has 162 valence electrons. The summed E-state index contributed by atoms with van der Waals surface area (Å²) in [5.41, 5.74) is 1.11. The van der Waals surface area contributed by atoms with E-state index in [9.17, 15) is 9.90 Å². The van der Waals surface area contributed by atoms with E-state index in [0.29, 0.717) is 26.2 Å². The van der Waals surface area contributed by atoms with E-state index >= 15 is 0 Å². The molecule has 1 fully saturated rings. The van der Waals surface area contributed by atoms with E-state index in [-0.39, 0.29) is 18.1 Å². The molecular weight excluding hydrogens is 380 g/mol. The van der Waals surface area contributed by atoms with E-state index in [1.807, 2.05) is 48.5 Å². The number of ether oxygens (including phenoxy) is 2. The summed E-state index contributed by atoms with van der Waals surface area (Å²) in [6, 6.07) is 17.8. The van der Waals surface area contributed by atoms with E-state index in [0.717, 1.165) is 42.7 Å². The predicted molar refractivity (Wildman–Crippen MR) is 117 cm³/mol.